The molecule has 3 aromatic carbocycles. The molecule has 3 aromatic rings. The lowest BCUT2D eigenvalue weighted by Gasteiger charge is -2.06. The molecule has 1 N–H and O–H groups in total. The number of hydrogen-bond acceptors (Lipinski definition) is 2. The number of hydrogen-bond donors (Lipinski definition) is 1. The molecule has 0 saturated heterocycles. The van der Waals surface area contributed by atoms with Crippen molar-refractivity contribution in [1.82, 2.24) is 5.43 Å². The van der Waals surface area contributed by atoms with Gasteiger partial charge in [0.15, 0.2) is 0 Å². The van der Waals surface area contributed by atoms with Crippen LogP contribution in [0.4, 0.5) is 13.2 Å². The van der Waals surface area contributed by atoms with Gasteiger partial charge in [0, 0.05) is 5.56 Å². The normalized spacial score (nSPS) is 11.8. The molecule has 3 nitrogen and oxygen atoms in total. The van der Waals surface area contributed by atoms with E-state index in [1.54, 1.807) is 0 Å². The minimum atomic E-state index is -4.43. The van der Waals surface area contributed by atoms with Crippen LogP contribution >= 0.6 is 0 Å². The van der Waals surface area contributed by atoms with Gasteiger partial charge in [-0.15, -0.1) is 0 Å². The summed E-state index contributed by atoms with van der Waals surface area (Å²) in [6, 6.07) is 17.5. The number of hydrazone groups is 1. The molecule has 0 bridgehead atoms. The Labute approximate surface area is 141 Å². The number of benzene rings is 3. The summed E-state index contributed by atoms with van der Waals surface area (Å²) < 4.78 is 37.5. The number of carbonyl (C=O) groups excluding carboxylic acids is 1. The van der Waals surface area contributed by atoms with Crippen molar-refractivity contribution < 1.29 is 18.0 Å². The van der Waals surface area contributed by atoms with Gasteiger partial charge in [-0.1, -0.05) is 36.4 Å². The number of nitrogens with zero attached hydrogens (tertiary/aromatic N) is 1. The van der Waals surface area contributed by atoms with Crippen molar-refractivity contribution in [3.8, 4) is 0 Å². The van der Waals surface area contributed by atoms with Gasteiger partial charge >= 0.3 is 6.18 Å². The predicted octanol–water partition coefficient (Wildman–Crippen LogP) is 4.62. The lowest BCUT2D eigenvalue weighted by molar-refractivity contribution is -0.137. The maximum absolute atomic E-state index is 12.5. The maximum atomic E-state index is 12.5. The molecular weight excluding hydrogens is 329 g/mol. The Morgan fingerprint density at radius 2 is 1.60 bits per heavy atom. The van der Waals surface area contributed by atoms with Crippen molar-refractivity contribution in [1.29, 1.82) is 0 Å². The third kappa shape index (κ3) is 4.03. The smallest absolute Gasteiger partial charge is 0.267 e. The van der Waals surface area contributed by atoms with Crippen LogP contribution in [0.15, 0.2) is 71.8 Å². The molecule has 0 atom stereocenters. The molecule has 0 aromatic heterocycles. The Hall–Kier alpha value is -3.15. The van der Waals surface area contributed by atoms with Gasteiger partial charge in [0.05, 0.1) is 11.8 Å². The molecule has 0 radical (unpaired) electrons. The lowest BCUT2D eigenvalue weighted by atomic mass is 10.1. The highest BCUT2D eigenvalue weighted by molar-refractivity contribution is 5.95. The number of alkyl halides is 3. The number of halogens is 3. The Balaban J connectivity index is 1.67. The van der Waals surface area contributed by atoms with Gasteiger partial charge in [0.1, 0.15) is 0 Å². The van der Waals surface area contributed by atoms with E-state index < -0.39 is 17.6 Å². The van der Waals surface area contributed by atoms with E-state index in [1.807, 2.05) is 42.5 Å². The van der Waals surface area contributed by atoms with Gasteiger partial charge < -0.3 is 0 Å². The van der Waals surface area contributed by atoms with Crippen LogP contribution < -0.4 is 5.43 Å². The van der Waals surface area contributed by atoms with Gasteiger partial charge in [-0.3, -0.25) is 4.79 Å². The molecule has 6 heteroatoms. The highest BCUT2D eigenvalue weighted by Crippen LogP contribution is 2.29. The van der Waals surface area contributed by atoms with Gasteiger partial charge in [-0.25, -0.2) is 5.43 Å². The molecule has 0 aliphatic rings. The molecule has 1 amide bonds. The molecular formula is C19H13F3N2O. The fraction of sp³-hybridized carbons (Fsp3) is 0.0526. The molecule has 0 aliphatic carbocycles. The summed E-state index contributed by atoms with van der Waals surface area (Å²) >= 11 is 0. The van der Waals surface area contributed by atoms with Crippen molar-refractivity contribution >= 4 is 22.9 Å². The summed E-state index contributed by atoms with van der Waals surface area (Å²) in [5, 5.41) is 5.98. The second-order valence-electron chi connectivity index (χ2n) is 5.38. The van der Waals surface area contributed by atoms with Crippen LogP contribution in [0, 0.1) is 0 Å². The van der Waals surface area contributed by atoms with Crippen LogP contribution in [-0.2, 0) is 6.18 Å². The minimum Gasteiger partial charge on any atom is -0.267 e. The van der Waals surface area contributed by atoms with Crippen molar-refractivity contribution in [2.45, 2.75) is 6.18 Å². The van der Waals surface area contributed by atoms with E-state index in [0.717, 1.165) is 40.6 Å². The van der Waals surface area contributed by atoms with E-state index in [-0.39, 0.29) is 5.56 Å². The summed E-state index contributed by atoms with van der Waals surface area (Å²) in [6.45, 7) is 0. The SMILES string of the molecule is O=C(N/N=C/c1ccc2ccccc2c1)c1ccc(C(F)(F)F)cc1. The minimum absolute atomic E-state index is 0.101. The number of rotatable bonds is 3. The Morgan fingerprint density at radius 3 is 2.28 bits per heavy atom. The van der Waals surface area contributed by atoms with Gasteiger partial charge in [0.2, 0.25) is 0 Å². The van der Waals surface area contributed by atoms with Crippen LogP contribution in [0.2, 0.25) is 0 Å². The van der Waals surface area contributed by atoms with Crippen molar-refractivity contribution in [2.24, 2.45) is 5.10 Å². The predicted molar refractivity (Wildman–Crippen MR) is 90.5 cm³/mol. The molecule has 3 rings (SSSR count). The van der Waals surface area contributed by atoms with Crippen LogP contribution in [0.1, 0.15) is 21.5 Å². The Morgan fingerprint density at radius 1 is 0.920 bits per heavy atom. The average Bonchev–Trinajstić information content (AvgIpc) is 2.61. The van der Waals surface area contributed by atoms with Gasteiger partial charge in [0.25, 0.3) is 5.91 Å². The Bertz CT molecular complexity index is 931. The van der Waals surface area contributed by atoms with E-state index in [0.29, 0.717) is 0 Å². The van der Waals surface area contributed by atoms with E-state index in [4.69, 9.17) is 0 Å². The van der Waals surface area contributed by atoms with Crippen molar-refractivity contribution in [2.75, 3.05) is 0 Å². The number of amides is 1. The van der Waals surface area contributed by atoms with Crippen LogP contribution in [0.3, 0.4) is 0 Å². The van der Waals surface area contributed by atoms with E-state index in [2.05, 4.69) is 10.5 Å². The van der Waals surface area contributed by atoms with E-state index in [9.17, 15) is 18.0 Å². The molecule has 0 saturated carbocycles. The first-order valence-corrected chi connectivity index (χ1v) is 7.43. The lowest BCUT2D eigenvalue weighted by Crippen LogP contribution is -2.18. The van der Waals surface area contributed by atoms with E-state index >= 15 is 0 Å². The highest BCUT2D eigenvalue weighted by Gasteiger charge is 2.30. The third-order valence-corrected chi connectivity index (χ3v) is 3.63. The third-order valence-electron chi connectivity index (χ3n) is 3.63. The first-order valence-electron chi connectivity index (χ1n) is 7.43. The van der Waals surface area contributed by atoms with E-state index in [1.165, 1.54) is 6.21 Å². The first-order chi connectivity index (χ1) is 11.9. The average molecular weight is 342 g/mol. The van der Waals surface area contributed by atoms with Crippen LogP contribution in [-0.4, -0.2) is 12.1 Å². The second-order valence-corrected chi connectivity index (χ2v) is 5.38. The quantitative estimate of drug-likeness (QED) is 0.547. The van der Waals surface area contributed by atoms with Crippen LogP contribution in [0.25, 0.3) is 10.8 Å². The summed E-state index contributed by atoms with van der Waals surface area (Å²) in [4.78, 5) is 11.9. The monoisotopic (exact) mass is 342 g/mol. The molecule has 0 heterocycles. The summed E-state index contributed by atoms with van der Waals surface area (Å²) in [5.74, 6) is -0.578. The summed E-state index contributed by atoms with van der Waals surface area (Å²) in [6.07, 6.45) is -2.95. The fourth-order valence-electron chi connectivity index (χ4n) is 2.33. The first kappa shape index (κ1) is 16.7. The zero-order valence-corrected chi connectivity index (χ0v) is 12.9. The zero-order chi connectivity index (χ0) is 17.9. The van der Waals surface area contributed by atoms with Gasteiger partial charge in [-0.2, -0.15) is 18.3 Å². The molecule has 0 unspecified atom stereocenters. The molecule has 0 aliphatic heterocycles. The molecule has 25 heavy (non-hydrogen) atoms. The van der Waals surface area contributed by atoms with Crippen molar-refractivity contribution in [3.05, 3.63) is 83.4 Å². The standard InChI is InChI=1S/C19H13F3N2O/c20-19(21,22)17-9-7-15(8-10-17)18(25)24-23-12-13-5-6-14-3-1-2-4-16(14)11-13/h1-12H,(H,24,25)/b23-12+. The topological polar surface area (TPSA) is 41.5 Å². The zero-order valence-electron chi connectivity index (χ0n) is 12.9. The van der Waals surface area contributed by atoms with Crippen molar-refractivity contribution in [3.63, 3.8) is 0 Å². The second kappa shape index (κ2) is 6.76. The fourth-order valence-corrected chi connectivity index (χ4v) is 2.33. The summed E-state index contributed by atoms with van der Waals surface area (Å²) in [5.41, 5.74) is 2.40. The molecule has 126 valence electrons. The molecule has 0 spiro atoms. The number of nitrogens with one attached hydrogen (secondary N) is 1. The number of carbonyl (C=O) groups is 1. The number of fused-ring (bicyclic) bond motifs is 1. The highest BCUT2D eigenvalue weighted by atomic mass is 19.4. The van der Waals surface area contributed by atoms with Gasteiger partial charge in [-0.05, 0) is 46.7 Å². The van der Waals surface area contributed by atoms with Crippen LogP contribution in [0.5, 0.6) is 0 Å². The largest absolute Gasteiger partial charge is 0.416 e. The Kier molecular flexibility index (Phi) is 4.52. The summed E-state index contributed by atoms with van der Waals surface area (Å²) in [7, 11) is 0. The molecule has 0 fully saturated rings. The maximum Gasteiger partial charge on any atom is 0.416 e.